The first-order valence-electron chi connectivity index (χ1n) is 7.90. The zero-order chi connectivity index (χ0) is 15.8. The Labute approximate surface area is 129 Å². The molecule has 0 bridgehead atoms. The Morgan fingerprint density at radius 1 is 1.00 bits per heavy atom. The predicted molar refractivity (Wildman–Crippen MR) is 90.3 cm³/mol. The Balaban J connectivity index is 2.17. The summed E-state index contributed by atoms with van der Waals surface area (Å²) in [6, 6.07) is 9.04. The molecule has 0 radical (unpaired) electrons. The van der Waals surface area contributed by atoms with Gasteiger partial charge >= 0.3 is 7.12 Å². The molecule has 1 heterocycles. The molecule has 1 aromatic carbocycles. The van der Waals surface area contributed by atoms with Crippen molar-refractivity contribution in [2.24, 2.45) is 0 Å². The van der Waals surface area contributed by atoms with Gasteiger partial charge in [-0.05, 0) is 66.1 Å². The van der Waals surface area contributed by atoms with Crippen molar-refractivity contribution in [3.05, 3.63) is 24.3 Å². The molecule has 0 unspecified atom stereocenters. The van der Waals surface area contributed by atoms with Crippen LogP contribution in [-0.4, -0.2) is 30.9 Å². The number of hydrogen-bond donors (Lipinski definition) is 0. The van der Waals surface area contributed by atoms with E-state index < -0.39 is 0 Å². The second-order valence-corrected chi connectivity index (χ2v) is 7.06. The molecule has 0 aliphatic carbocycles. The number of benzene rings is 1. The lowest BCUT2D eigenvalue weighted by molar-refractivity contribution is 0.00578. The minimum Gasteiger partial charge on any atom is -0.399 e. The normalized spacial score (nSPS) is 20.1. The SMILES string of the molecule is CCN(c1ccc(B2OC(C)(C)C(C)(C)O2)cc1)C(C)C. The lowest BCUT2D eigenvalue weighted by atomic mass is 9.79. The molecule has 0 amide bonds. The van der Waals surface area contributed by atoms with Crippen molar-refractivity contribution in [1.82, 2.24) is 0 Å². The smallest absolute Gasteiger partial charge is 0.399 e. The van der Waals surface area contributed by atoms with Crippen molar-refractivity contribution < 1.29 is 9.31 Å². The summed E-state index contributed by atoms with van der Waals surface area (Å²) in [5, 5.41) is 0. The zero-order valence-electron chi connectivity index (χ0n) is 14.4. The van der Waals surface area contributed by atoms with Crippen LogP contribution in [0.15, 0.2) is 24.3 Å². The molecule has 21 heavy (non-hydrogen) atoms. The number of nitrogens with zero attached hydrogens (tertiary/aromatic N) is 1. The molecule has 0 atom stereocenters. The molecule has 0 spiro atoms. The van der Waals surface area contributed by atoms with Crippen LogP contribution >= 0.6 is 0 Å². The van der Waals surface area contributed by atoms with Gasteiger partial charge < -0.3 is 14.2 Å². The van der Waals surface area contributed by atoms with Crippen LogP contribution < -0.4 is 10.4 Å². The minimum absolute atomic E-state index is 0.279. The maximum Gasteiger partial charge on any atom is 0.494 e. The van der Waals surface area contributed by atoms with Gasteiger partial charge in [-0.3, -0.25) is 0 Å². The minimum atomic E-state index is -0.288. The van der Waals surface area contributed by atoms with Crippen molar-refractivity contribution in [3.8, 4) is 0 Å². The highest BCUT2D eigenvalue weighted by atomic mass is 16.7. The molecular formula is C17H28BNO2. The highest BCUT2D eigenvalue weighted by Crippen LogP contribution is 2.36. The van der Waals surface area contributed by atoms with Gasteiger partial charge in [0.05, 0.1) is 11.2 Å². The molecule has 0 N–H and O–H groups in total. The summed E-state index contributed by atoms with van der Waals surface area (Å²) < 4.78 is 12.2. The Kier molecular flexibility index (Phi) is 4.41. The maximum atomic E-state index is 6.09. The molecule has 1 aromatic rings. The summed E-state index contributed by atoms with van der Waals surface area (Å²) in [7, 11) is -0.279. The van der Waals surface area contributed by atoms with Gasteiger partial charge in [-0.1, -0.05) is 12.1 Å². The van der Waals surface area contributed by atoms with Crippen LogP contribution in [-0.2, 0) is 9.31 Å². The Morgan fingerprint density at radius 3 is 1.86 bits per heavy atom. The lowest BCUT2D eigenvalue weighted by Crippen LogP contribution is -2.41. The van der Waals surface area contributed by atoms with Crippen LogP contribution in [0.4, 0.5) is 5.69 Å². The van der Waals surface area contributed by atoms with Crippen LogP contribution in [0.1, 0.15) is 48.5 Å². The van der Waals surface area contributed by atoms with E-state index in [0.29, 0.717) is 6.04 Å². The van der Waals surface area contributed by atoms with Gasteiger partial charge in [-0.2, -0.15) is 0 Å². The molecule has 116 valence electrons. The van der Waals surface area contributed by atoms with Crippen LogP contribution in [0.5, 0.6) is 0 Å². The summed E-state index contributed by atoms with van der Waals surface area (Å²) in [6.07, 6.45) is 0. The van der Waals surface area contributed by atoms with Crippen molar-refractivity contribution in [2.45, 2.75) is 65.7 Å². The zero-order valence-corrected chi connectivity index (χ0v) is 14.4. The molecule has 1 aliphatic rings. The van der Waals surface area contributed by atoms with Crippen LogP contribution in [0.25, 0.3) is 0 Å². The van der Waals surface area contributed by atoms with Crippen molar-refractivity contribution in [1.29, 1.82) is 0 Å². The number of hydrogen-bond acceptors (Lipinski definition) is 3. The largest absolute Gasteiger partial charge is 0.494 e. The number of anilines is 1. The third kappa shape index (κ3) is 3.11. The summed E-state index contributed by atoms with van der Waals surface area (Å²) in [6.45, 7) is 15.9. The van der Waals surface area contributed by atoms with E-state index in [1.54, 1.807) is 0 Å². The van der Waals surface area contributed by atoms with E-state index in [9.17, 15) is 0 Å². The van der Waals surface area contributed by atoms with Gasteiger partial charge in [0.2, 0.25) is 0 Å². The van der Waals surface area contributed by atoms with Gasteiger partial charge in [-0.15, -0.1) is 0 Å². The third-order valence-corrected chi connectivity index (χ3v) is 4.71. The van der Waals surface area contributed by atoms with Gasteiger partial charge in [0, 0.05) is 18.3 Å². The Bertz CT molecular complexity index is 466. The average Bonchev–Trinajstić information content (AvgIpc) is 2.59. The van der Waals surface area contributed by atoms with E-state index >= 15 is 0 Å². The highest BCUT2D eigenvalue weighted by Gasteiger charge is 2.51. The fourth-order valence-electron chi connectivity index (χ4n) is 2.65. The van der Waals surface area contributed by atoms with E-state index in [1.165, 1.54) is 5.69 Å². The quantitative estimate of drug-likeness (QED) is 0.794. The van der Waals surface area contributed by atoms with Gasteiger partial charge in [-0.25, -0.2) is 0 Å². The number of rotatable bonds is 4. The molecule has 1 saturated heterocycles. The van der Waals surface area contributed by atoms with E-state index in [1.807, 2.05) is 0 Å². The molecule has 3 nitrogen and oxygen atoms in total. The molecule has 1 aliphatic heterocycles. The summed E-state index contributed by atoms with van der Waals surface area (Å²) in [5.41, 5.74) is 1.75. The molecule has 0 saturated carbocycles. The topological polar surface area (TPSA) is 21.7 Å². The lowest BCUT2D eigenvalue weighted by Gasteiger charge is -2.32. The molecule has 2 rings (SSSR count). The second kappa shape index (κ2) is 5.66. The highest BCUT2D eigenvalue weighted by molar-refractivity contribution is 6.62. The van der Waals surface area contributed by atoms with E-state index in [0.717, 1.165) is 12.0 Å². The van der Waals surface area contributed by atoms with E-state index in [4.69, 9.17) is 9.31 Å². The fourth-order valence-corrected chi connectivity index (χ4v) is 2.65. The first kappa shape index (κ1) is 16.4. The molecule has 0 aromatic heterocycles. The van der Waals surface area contributed by atoms with Crippen molar-refractivity contribution >= 4 is 18.3 Å². The average molecular weight is 289 g/mol. The first-order valence-corrected chi connectivity index (χ1v) is 7.90. The Morgan fingerprint density at radius 2 is 1.48 bits per heavy atom. The van der Waals surface area contributed by atoms with E-state index in [2.05, 4.69) is 77.6 Å². The second-order valence-electron chi connectivity index (χ2n) is 7.06. The molecule has 1 fully saturated rings. The van der Waals surface area contributed by atoms with Gasteiger partial charge in [0.15, 0.2) is 0 Å². The maximum absolute atomic E-state index is 6.09. The monoisotopic (exact) mass is 289 g/mol. The van der Waals surface area contributed by atoms with Crippen molar-refractivity contribution in [3.63, 3.8) is 0 Å². The fraction of sp³-hybridized carbons (Fsp3) is 0.647. The van der Waals surface area contributed by atoms with Crippen LogP contribution in [0, 0.1) is 0 Å². The van der Waals surface area contributed by atoms with Gasteiger partial charge in [0.1, 0.15) is 0 Å². The predicted octanol–water partition coefficient (Wildman–Crippen LogP) is 3.22. The van der Waals surface area contributed by atoms with E-state index in [-0.39, 0.29) is 18.3 Å². The molecular weight excluding hydrogens is 261 g/mol. The van der Waals surface area contributed by atoms with Gasteiger partial charge in [0.25, 0.3) is 0 Å². The summed E-state index contributed by atoms with van der Waals surface area (Å²) >= 11 is 0. The standard InChI is InChI=1S/C17H28BNO2/c1-8-19(13(2)3)15-11-9-14(10-12-15)18-20-16(4,5)17(6,7)21-18/h9-13H,8H2,1-7H3. The third-order valence-electron chi connectivity index (χ3n) is 4.71. The van der Waals surface area contributed by atoms with Crippen LogP contribution in [0.3, 0.4) is 0 Å². The summed E-state index contributed by atoms with van der Waals surface area (Å²) in [4.78, 5) is 2.37. The van der Waals surface area contributed by atoms with Crippen molar-refractivity contribution in [2.75, 3.05) is 11.4 Å². The summed E-state index contributed by atoms with van der Waals surface area (Å²) in [5.74, 6) is 0. The van der Waals surface area contributed by atoms with Crippen LogP contribution in [0.2, 0.25) is 0 Å². The first-order chi connectivity index (χ1) is 9.68. The Hall–Kier alpha value is -0.995. The molecule has 4 heteroatoms.